The van der Waals surface area contributed by atoms with Crippen LogP contribution in [0.2, 0.25) is 0 Å². The van der Waals surface area contributed by atoms with Crippen LogP contribution in [0.15, 0.2) is 45.1 Å². The Hall–Kier alpha value is -0.730. The monoisotopic (exact) mass is 360 g/mol. The highest BCUT2D eigenvalue weighted by atomic mass is 79.9. The molecule has 0 amide bonds. The second kappa shape index (κ2) is 6.15. The minimum atomic E-state index is -3.61. The molecule has 4 nitrogen and oxygen atoms in total. The largest absolute Gasteiger partial charge is 0.308 e. The molecule has 0 aliphatic heterocycles. The SMILES string of the molecule is NS(=O)(=O)c1ccc(CNCc2sccc2Br)cc1. The quantitative estimate of drug-likeness (QED) is 0.859. The lowest BCUT2D eigenvalue weighted by Crippen LogP contribution is -2.14. The molecule has 0 saturated heterocycles. The van der Waals surface area contributed by atoms with Gasteiger partial charge >= 0.3 is 0 Å². The predicted octanol–water partition coefficient (Wildman–Crippen LogP) is 2.45. The predicted molar refractivity (Wildman–Crippen MR) is 80.4 cm³/mol. The Bertz CT molecular complexity index is 651. The van der Waals surface area contributed by atoms with Gasteiger partial charge in [-0.2, -0.15) is 0 Å². The first-order valence-corrected chi connectivity index (χ1v) is 8.73. The van der Waals surface area contributed by atoms with Gasteiger partial charge in [0.25, 0.3) is 0 Å². The standard InChI is InChI=1S/C12H13BrN2O2S2/c13-11-5-6-18-12(11)8-15-7-9-1-3-10(4-2-9)19(14,16)17/h1-6,15H,7-8H2,(H2,14,16,17). The average Bonchev–Trinajstić information content (AvgIpc) is 2.75. The van der Waals surface area contributed by atoms with Gasteiger partial charge in [-0.05, 0) is 45.1 Å². The molecule has 1 aromatic heterocycles. The maximum atomic E-state index is 11.1. The molecule has 3 N–H and O–H groups in total. The smallest absolute Gasteiger partial charge is 0.238 e. The van der Waals surface area contributed by atoms with Crippen molar-refractivity contribution in [2.24, 2.45) is 5.14 Å². The summed E-state index contributed by atoms with van der Waals surface area (Å²) in [6, 6.07) is 8.58. The van der Waals surface area contributed by atoms with Gasteiger partial charge in [0.1, 0.15) is 0 Å². The number of rotatable bonds is 5. The Morgan fingerprint density at radius 3 is 2.37 bits per heavy atom. The summed E-state index contributed by atoms with van der Waals surface area (Å²) in [6.45, 7) is 1.45. The van der Waals surface area contributed by atoms with Crippen molar-refractivity contribution in [1.29, 1.82) is 0 Å². The zero-order valence-electron chi connectivity index (χ0n) is 9.97. The van der Waals surface area contributed by atoms with Crippen LogP contribution in [0.1, 0.15) is 10.4 Å². The number of halogens is 1. The van der Waals surface area contributed by atoms with Crippen molar-refractivity contribution < 1.29 is 8.42 Å². The number of benzene rings is 1. The lowest BCUT2D eigenvalue weighted by molar-refractivity contribution is 0.597. The van der Waals surface area contributed by atoms with E-state index in [9.17, 15) is 8.42 Å². The molecule has 102 valence electrons. The van der Waals surface area contributed by atoms with Crippen LogP contribution in [0.3, 0.4) is 0 Å². The number of nitrogens with one attached hydrogen (secondary N) is 1. The van der Waals surface area contributed by atoms with Crippen LogP contribution in [-0.4, -0.2) is 8.42 Å². The first-order chi connectivity index (χ1) is 8.97. The van der Waals surface area contributed by atoms with E-state index in [4.69, 9.17) is 5.14 Å². The van der Waals surface area contributed by atoms with Crippen LogP contribution >= 0.6 is 27.3 Å². The van der Waals surface area contributed by atoms with Crippen LogP contribution in [0.25, 0.3) is 0 Å². The van der Waals surface area contributed by atoms with Crippen LogP contribution in [-0.2, 0) is 23.1 Å². The van der Waals surface area contributed by atoms with Gasteiger partial charge in [-0.3, -0.25) is 0 Å². The zero-order chi connectivity index (χ0) is 13.9. The van der Waals surface area contributed by atoms with Crippen molar-refractivity contribution in [3.8, 4) is 0 Å². The highest BCUT2D eigenvalue weighted by molar-refractivity contribution is 9.10. The topological polar surface area (TPSA) is 72.2 Å². The van der Waals surface area contributed by atoms with Crippen LogP contribution in [0.4, 0.5) is 0 Å². The van der Waals surface area contributed by atoms with Crippen molar-refractivity contribution >= 4 is 37.3 Å². The van der Waals surface area contributed by atoms with E-state index in [0.29, 0.717) is 6.54 Å². The third kappa shape index (κ3) is 4.12. The Morgan fingerprint density at radius 2 is 1.84 bits per heavy atom. The summed E-state index contributed by atoms with van der Waals surface area (Å²) in [4.78, 5) is 1.37. The van der Waals surface area contributed by atoms with Gasteiger partial charge in [0, 0.05) is 22.4 Å². The van der Waals surface area contributed by atoms with Gasteiger partial charge in [0.2, 0.25) is 10.0 Å². The fraction of sp³-hybridized carbons (Fsp3) is 0.167. The Morgan fingerprint density at radius 1 is 1.16 bits per heavy atom. The summed E-state index contributed by atoms with van der Waals surface area (Å²) < 4.78 is 23.3. The number of primary sulfonamides is 1. The molecular formula is C12H13BrN2O2S2. The third-order valence-corrected chi connectivity index (χ3v) is 5.41. The van der Waals surface area contributed by atoms with E-state index in [1.807, 2.05) is 11.4 Å². The normalized spacial score (nSPS) is 11.7. The van der Waals surface area contributed by atoms with Gasteiger partial charge in [-0.15, -0.1) is 11.3 Å². The van der Waals surface area contributed by atoms with Crippen LogP contribution < -0.4 is 10.5 Å². The molecule has 0 atom stereocenters. The Balaban J connectivity index is 1.92. The maximum absolute atomic E-state index is 11.1. The first kappa shape index (κ1) is 14.7. The number of nitrogens with two attached hydrogens (primary N) is 1. The molecule has 0 unspecified atom stereocenters. The van der Waals surface area contributed by atoms with Crippen molar-refractivity contribution in [1.82, 2.24) is 5.32 Å². The van der Waals surface area contributed by atoms with E-state index in [-0.39, 0.29) is 4.90 Å². The number of hydrogen-bond donors (Lipinski definition) is 2. The first-order valence-electron chi connectivity index (χ1n) is 5.51. The fourth-order valence-electron chi connectivity index (χ4n) is 1.57. The molecule has 0 aliphatic rings. The second-order valence-corrected chi connectivity index (χ2v) is 7.40. The molecule has 0 bridgehead atoms. The molecule has 0 aliphatic carbocycles. The van der Waals surface area contributed by atoms with Crippen molar-refractivity contribution in [2.75, 3.05) is 0 Å². The fourth-order valence-corrected chi connectivity index (χ4v) is 3.55. The molecule has 2 rings (SSSR count). The molecule has 0 fully saturated rings. The minimum Gasteiger partial charge on any atom is -0.308 e. The van der Waals surface area contributed by atoms with Gasteiger partial charge in [-0.25, -0.2) is 13.6 Å². The molecule has 0 spiro atoms. The van der Waals surface area contributed by atoms with Gasteiger partial charge in [0.05, 0.1) is 4.90 Å². The summed E-state index contributed by atoms with van der Waals surface area (Å²) in [6.07, 6.45) is 0. The van der Waals surface area contributed by atoms with E-state index in [1.54, 1.807) is 23.5 Å². The van der Waals surface area contributed by atoms with Gasteiger partial charge in [-0.1, -0.05) is 12.1 Å². The molecule has 2 aromatic rings. The van der Waals surface area contributed by atoms with E-state index >= 15 is 0 Å². The summed E-state index contributed by atoms with van der Waals surface area (Å²) in [7, 11) is -3.61. The van der Waals surface area contributed by atoms with E-state index in [0.717, 1.165) is 16.6 Å². The lowest BCUT2D eigenvalue weighted by atomic mass is 10.2. The molecule has 19 heavy (non-hydrogen) atoms. The number of thiophene rings is 1. The molecule has 1 heterocycles. The third-order valence-electron chi connectivity index (χ3n) is 2.56. The second-order valence-electron chi connectivity index (χ2n) is 3.98. The molecule has 0 radical (unpaired) electrons. The van der Waals surface area contributed by atoms with Gasteiger partial charge in [0.15, 0.2) is 0 Å². The number of sulfonamides is 1. The van der Waals surface area contributed by atoms with Crippen LogP contribution in [0.5, 0.6) is 0 Å². The minimum absolute atomic E-state index is 0.136. The van der Waals surface area contributed by atoms with Crippen molar-refractivity contribution in [3.05, 3.63) is 50.6 Å². The summed E-state index contributed by atoms with van der Waals surface area (Å²) in [5, 5.41) is 10.4. The van der Waals surface area contributed by atoms with Crippen molar-refractivity contribution in [2.45, 2.75) is 18.0 Å². The van der Waals surface area contributed by atoms with E-state index < -0.39 is 10.0 Å². The lowest BCUT2D eigenvalue weighted by Gasteiger charge is -2.05. The molecule has 0 saturated carbocycles. The highest BCUT2D eigenvalue weighted by Crippen LogP contribution is 2.22. The van der Waals surface area contributed by atoms with E-state index in [2.05, 4.69) is 21.2 Å². The molecule has 1 aromatic carbocycles. The van der Waals surface area contributed by atoms with Crippen molar-refractivity contribution in [3.63, 3.8) is 0 Å². The number of hydrogen-bond acceptors (Lipinski definition) is 4. The molecule has 7 heteroatoms. The zero-order valence-corrected chi connectivity index (χ0v) is 13.2. The Kier molecular flexibility index (Phi) is 4.75. The Labute approximate surface area is 124 Å². The average molecular weight is 361 g/mol. The van der Waals surface area contributed by atoms with Crippen LogP contribution in [0, 0.1) is 0 Å². The highest BCUT2D eigenvalue weighted by Gasteiger charge is 2.06. The summed E-state index contributed by atoms with van der Waals surface area (Å²) in [5.41, 5.74) is 1.01. The summed E-state index contributed by atoms with van der Waals surface area (Å²) >= 11 is 5.16. The maximum Gasteiger partial charge on any atom is 0.238 e. The summed E-state index contributed by atoms with van der Waals surface area (Å²) in [5.74, 6) is 0. The molecular weight excluding hydrogens is 348 g/mol. The van der Waals surface area contributed by atoms with E-state index in [1.165, 1.54) is 17.0 Å². The van der Waals surface area contributed by atoms with Gasteiger partial charge < -0.3 is 5.32 Å².